The zero-order valence-corrected chi connectivity index (χ0v) is 13.9. The Balaban J connectivity index is 1.60. The summed E-state index contributed by atoms with van der Waals surface area (Å²) in [5.74, 6) is 1.57. The van der Waals surface area contributed by atoms with Gasteiger partial charge in [0, 0.05) is 12.1 Å². The molecule has 0 spiro atoms. The summed E-state index contributed by atoms with van der Waals surface area (Å²) in [5, 5.41) is 4.29. The van der Waals surface area contributed by atoms with Crippen LogP contribution in [0.25, 0.3) is 0 Å². The van der Waals surface area contributed by atoms with Gasteiger partial charge in [0.15, 0.2) is 11.5 Å². The highest BCUT2D eigenvalue weighted by molar-refractivity contribution is 7.80. The molecule has 2 aromatic rings. The van der Waals surface area contributed by atoms with Gasteiger partial charge in [0.2, 0.25) is 6.79 Å². The minimum Gasteiger partial charge on any atom is -0.454 e. The van der Waals surface area contributed by atoms with Crippen LogP contribution in [-0.4, -0.2) is 18.3 Å². The van der Waals surface area contributed by atoms with E-state index in [-0.39, 0.29) is 6.79 Å². The quantitative estimate of drug-likeness (QED) is 0.833. The highest BCUT2D eigenvalue weighted by Gasteiger charge is 2.13. The first-order valence-electron chi connectivity index (χ1n) is 6.76. The molecule has 3 rings (SSSR count). The SMILES string of the molecule is S=C(NCCc1ccc2c(c1)OCO2)c1c(Cl)cccc1Cl. The van der Waals surface area contributed by atoms with E-state index in [0.717, 1.165) is 23.5 Å². The lowest BCUT2D eigenvalue weighted by Crippen LogP contribution is -2.25. The predicted molar refractivity (Wildman–Crippen MR) is 92.4 cm³/mol. The minimum absolute atomic E-state index is 0.284. The fourth-order valence-electron chi connectivity index (χ4n) is 2.22. The van der Waals surface area contributed by atoms with Gasteiger partial charge in [0.1, 0.15) is 4.99 Å². The second-order valence-electron chi connectivity index (χ2n) is 4.79. The molecule has 1 heterocycles. The monoisotopic (exact) mass is 353 g/mol. The molecular formula is C16H13Cl2NO2S. The van der Waals surface area contributed by atoms with Crippen LogP contribution in [0.1, 0.15) is 11.1 Å². The van der Waals surface area contributed by atoms with Crippen LogP contribution in [0.3, 0.4) is 0 Å². The summed E-state index contributed by atoms with van der Waals surface area (Å²) < 4.78 is 10.7. The van der Waals surface area contributed by atoms with Gasteiger partial charge in [-0.1, -0.05) is 47.6 Å². The zero-order chi connectivity index (χ0) is 15.5. The van der Waals surface area contributed by atoms with E-state index in [1.807, 2.05) is 18.2 Å². The largest absolute Gasteiger partial charge is 0.454 e. The lowest BCUT2D eigenvalue weighted by molar-refractivity contribution is 0.174. The van der Waals surface area contributed by atoms with Crippen molar-refractivity contribution in [1.29, 1.82) is 0 Å². The van der Waals surface area contributed by atoms with E-state index in [4.69, 9.17) is 44.9 Å². The fourth-order valence-corrected chi connectivity index (χ4v) is 3.24. The molecule has 2 aromatic carbocycles. The Morgan fingerprint density at radius 1 is 1.09 bits per heavy atom. The number of rotatable bonds is 4. The highest BCUT2D eigenvalue weighted by atomic mass is 35.5. The Hall–Kier alpha value is -1.49. The summed E-state index contributed by atoms with van der Waals surface area (Å²) in [6.45, 7) is 0.964. The molecule has 0 unspecified atom stereocenters. The van der Waals surface area contributed by atoms with E-state index in [1.165, 1.54) is 0 Å². The van der Waals surface area contributed by atoms with Crippen molar-refractivity contribution in [3.05, 3.63) is 57.6 Å². The van der Waals surface area contributed by atoms with Crippen molar-refractivity contribution in [2.24, 2.45) is 0 Å². The molecular weight excluding hydrogens is 341 g/mol. The van der Waals surface area contributed by atoms with Gasteiger partial charge < -0.3 is 14.8 Å². The highest BCUT2D eigenvalue weighted by Crippen LogP contribution is 2.32. The standard InChI is InChI=1S/C16H13Cl2NO2S/c17-11-2-1-3-12(18)15(11)16(22)19-7-6-10-4-5-13-14(8-10)21-9-20-13/h1-5,8H,6-7,9H2,(H,19,22). The molecule has 0 aliphatic carbocycles. The average Bonchev–Trinajstić information content (AvgIpc) is 2.94. The number of hydrogen-bond acceptors (Lipinski definition) is 3. The van der Waals surface area contributed by atoms with E-state index >= 15 is 0 Å². The van der Waals surface area contributed by atoms with Crippen LogP contribution in [-0.2, 0) is 6.42 Å². The zero-order valence-electron chi connectivity index (χ0n) is 11.6. The summed E-state index contributed by atoms with van der Waals surface area (Å²) in [4.78, 5) is 0.552. The third kappa shape index (κ3) is 3.29. The molecule has 0 amide bonds. The normalized spacial score (nSPS) is 12.3. The first-order valence-corrected chi connectivity index (χ1v) is 7.92. The average molecular weight is 354 g/mol. The van der Waals surface area contributed by atoms with E-state index in [9.17, 15) is 0 Å². The molecule has 0 saturated heterocycles. The molecule has 0 bridgehead atoms. The first-order chi connectivity index (χ1) is 10.6. The van der Waals surface area contributed by atoms with Crippen LogP contribution in [0.2, 0.25) is 10.0 Å². The molecule has 22 heavy (non-hydrogen) atoms. The summed E-state index contributed by atoms with van der Waals surface area (Å²) in [5.41, 5.74) is 1.82. The van der Waals surface area contributed by atoms with Crippen molar-refractivity contribution < 1.29 is 9.47 Å². The number of hydrogen-bond donors (Lipinski definition) is 1. The van der Waals surface area contributed by atoms with E-state index in [1.54, 1.807) is 18.2 Å². The lowest BCUT2D eigenvalue weighted by Gasteiger charge is -2.11. The third-order valence-electron chi connectivity index (χ3n) is 3.33. The van der Waals surface area contributed by atoms with Crippen LogP contribution in [0.15, 0.2) is 36.4 Å². The van der Waals surface area contributed by atoms with Gasteiger partial charge in [-0.15, -0.1) is 0 Å². The molecule has 0 saturated carbocycles. The number of ether oxygens (including phenoxy) is 2. The van der Waals surface area contributed by atoms with Gasteiger partial charge in [-0.3, -0.25) is 0 Å². The van der Waals surface area contributed by atoms with Gasteiger partial charge in [0.05, 0.1) is 10.0 Å². The van der Waals surface area contributed by atoms with Crippen molar-refractivity contribution in [2.75, 3.05) is 13.3 Å². The summed E-state index contributed by atoms with van der Waals surface area (Å²) in [7, 11) is 0. The Labute approximate surface area is 144 Å². The maximum Gasteiger partial charge on any atom is 0.231 e. The van der Waals surface area contributed by atoms with Crippen LogP contribution in [0.4, 0.5) is 0 Å². The van der Waals surface area contributed by atoms with Gasteiger partial charge in [-0.25, -0.2) is 0 Å². The van der Waals surface area contributed by atoms with Crippen LogP contribution >= 0.6 is 35.4 Å². The molecule has 6 heteroatoms. The lowest BCUT2D eigenvalue weighted by atomic mass is 10.1. The second-order valence-corrected chi connectivity index (χ2v) is 6.01. The van der Waals surface area contributed by atoms with Crippen molar-refractivity contribution in [1.82, 2.24) is 5.32 Å². The number of halogens is 2. The molecule has 0 fully saturated rings. The van der Waals surface area contributed by atoms with Gasteiger partial charge >= 0.3 is 0 Å². The third-order valence-corrected chi connectivity index (χ3v) is 4.30. The van der Waals surface area contributed by atoms with Crippen molar-refractivity contribution in [2.45, 2.75) is 6.42 Å². The van der Waals surface area contributed by atoms with Gasteiger partial charge in [0.25, 0.3) is 0 Å². The van der Waals surface area contributed by atoms with Crippen LogP contribution in [0, 0.1) is 0 Å². The number of benzene rings is 2. The maximum atomic E-state index is 6.14. The van der Waals surface area contributed by atoms with E-state index in [0.29, 0.717) is 27.1 Å². The van der Waals surface area contributed by atoms with Crippen LogP contribution < -0.4 is 14.8 Å². The van der Waals surface area contributed by atoms with Crippen molar-refractivity contribution in [3.63, 3.8) is 0 Å². The molecule has 0 atom stereocenters. The molecule has 114 valence electrons. The van der Waals surface area contributed by atoms with Crippen molar-refractivity contribution in [3.8, 4) is 11.5 Å². The first kappa shape index (κ1) is 15.4. The minimum atomic E-state index is 0.284. The summed E-state index contributed by atoms with van der Waals surface area (Å²) >= 11 is 17.6. The second kappa shape index (κ2) is 6.73. The fraction of sp³-hybridized carbons (Fsp3) is 0.188. The smallest absolute Gasteiger partial charge is 0.231 e. The number of nitrogens with one attached hydrogen (secondary N) is 1. The predicted octanol–water partition coefficient (Wildman–Crippen LogP) is 4.23. The topological polar surface area (TPSA) is 30.5 Å². The molecule has 1 aliphatic rings. The molecule has 0 radical (unpaired) electrons. The molecule has 1 aliphatic heterocycles. The molecule has 3 nitrogen and oxygen atoms in total. The number of fused-ring (bicyclic) bond motifs is 1. The van der Waals surface area contributed by atoms with Gasteiger partial charge in [-0.05, 0) is 36.2 Å². The summed E-state index contributed by atoms with van der Waals surface area (Å²) in [6.07, 6.45) is 0.804. The molecule has 1 N–H and O–H groups in total. The number of thiocarbonyl (C=S) groups is 1. The Morgan fingerprint density at radius 2 is 1.82 bits per heavy atom. The molecule has 0 aromatic heterocycles. The maximum absolute atomic E-state index is 6.14. The van der Waals surface area contributed by atoms with E-state index in [2.05, 4.69) is 5.32 Å². The van der Waals surface area contributed by atoms with Crippen molar-refractivity contribution >= 4 is 40.4 Å². The Kier molecular flexibility index (Phi) is 4.71. The van der Waals surface area contributed by atoms with Gasteiger partial charge in [-0.2, -0.15) is 0 Å². The van der Waals surface area contributed by atoms with Crippen LogP contribution in [0.5, 0.6) is 11.5 Å². The summed E-state index contributed by atoms with van der Waals surface area (Å²) in [6, 6.07) is 11.3. The Morgan fingerprint density at radius 3 is 2.59 bits per heavy atom. The van der Waals surface area contributed by atoms with E-state index < -0.39 is 0 Å². The Bertz CT molecular complexity index is 701.